The third-order valence-corrected chi connectivity index (χ3v) is 11.7. The van der Waals surface area contributed by atoms with Crippen molar-refractivity contribution in [2.45, 2.75) is 185 Å². The van der Waals surface area contributed by atoms with Crippen LogP contribution in [0.15, 0.2) is 23.0 Å². The minimum absolute atomic E-state index is 0.0623. The number of nitrogens with two attached hydrogens (primary N) is 4. The van der Waals surface area contributed by atoms with Gasteiger partial charge in [0.15, 0.2) is 11.8 Å². The number of rotatable bonds is 30. The molecule has 3 heterocycles. The van der Waals surface area contributed by atoms with Gasteiger partial charge in [0.2, 0.25) is 5.52 Å². The third-order valence-electron chi connectivity index (χ3n) is 11.7. The highest BCUT2D eigenvalue weighted by atomic mass is 16.7. The van der Waals surface area contributed by atoms with Gasteiger partial charge in [0.05, 0.1) is 29.4 Å². The Morgan fingerprint density at radius 3 is 2.02 bits per heavy atom. The monoisotopic (exact) mass is 876 g/mol. The molecule has 9 N–H and O–H groups in total. The minimum Gasteiger partial charge on any atom is -0.377 e. The summed E-state index contributed by atoms with van der Waals surface area (Å²) < 4.78 is 46.0. The lowest BCUT2D eigenvalue weighted by atomic mass is 9.84. The Morgan fingerprint density at radius 1 is 0.774 bits per heavy atom. The van der Waals surface area contributed by atoms with Crippen LogP contribution in [0.2, 0.25) is 0 Å². The maximum absolute atomic E-state index is 11.4. The summed E-state index contributed by atoms with van der Waals surface area (Å²) in [6, 6.07) is 1.36. The molecule has 0 unspecified atom stereocenters. The molecule has 62 heavy (non-hydrogen) atoms. The predicted molar refractivity (Wildman–Crippen MR) is 233 cm³/mol. The molecule has 20 nitrogen and oxygen atoms in total. The van der Waals surface area contributed by atoms with Gasteiger partial charge in [-0.15, -0.1) is 5.10 Å². The quantitative estimate of drug-likeness (QED) is 0.0351. The standard InChI is InChI=1S/C42H73N11O9/c1-4-7-10-13-20-56-37-29(44)24-30(45)38(61-42-34(46)40(58-22-15-12-9-6-3)39(33(25-43)60-42)57-21-14-11-8-5-2)41(37)59-23-16-19-52-27-28(48-51-52)26-47-31-17-18-32(53(54)55)36-35(31)49-62-50-36/h17-18,27,29-30,33-34,37-42,47H,4-16,19-26,43-46H2,1-3H3/t29-,30+,33+,34+,37+,38-,39+,40+,41-,42+/m1/s1. The molecular formula is C42H73N11O9. The van der Waals surface area contributed by atoms with Crippen LogP contribution in [-0.4, -0.2) is 124 Å². The number of fused-ring (bicyclic) bond motifs is 1. The second-order valence-corrected chi connectivity index (χ2v) is 16.6. The lowest BCUT2D eigenvalue weighted by Gasteiger charge is -2.49. The van der Waals surface area contributed by atoms with Crippen molar-refractivity contribution in [3.8, 4) is 0 Å². The molecular weight excluding hydrogens is 803 g/mol. The molecule has 5 rings (SSSR count). The molecule has 0 spiro atoms. The van der Waals surface area contributed by atoms with Gasteiger partial charge in [-0.05, 0) is 48.5 Å². The number of nitro groups is 1. The minimum atomic E-state index is -0.893. The molecule has 1 aliphatic carbocycles. The van der Waals surface area contributed by atoms with E-state index < -0.39 is 59.9 Å². The second-order valence-electron chi connectivity index (χ2n) is 16.6. The highest BCUT2D eigenvalue weighted by Gasteiger charge is 2.51. The number of nitrogens with one attached hydrogen (secondary N) is 1. The number of nitrogens with zero attached hydrogens (tertiary/aromatic N) is 6. The van der Waals surface area contributed by atoms with Gasteiger partial charge in [0.25, 0.3) is 0 Å². The van der Waals surface area contributed by atoms with Gasteiger partial charge in [0, 0.05) is 57.7 Å². The van der Waals surface area contributed by atoms with Gasteiger partial charge < -0.3 is 56.7 Å². The van der Waals surface area contributed by atoms with Gasteiger partial charge in [0.1, 0.15) is 42.3 Å². The first-order valence-electron chi connectivity index (χ1n) is 23.0. The Labute approximate surface area is 365 Å². The average Bonchev–Trinajstić information content (AvgIpc) is 3.95. The Hall–Kier alpha value is -3.44. The van der Waals surface area contributed by atoms with Crippen LogP contribution in [-0.2, 0) is 41.5 Å². The van der Waals surface area contributed by atoms with E-state index in [0.717, 1.165) is 77.0 Å². The van der Waals surface area contributed by atoms with Crippen LogP contribution in [0.5, 0.6) is 0 Å². The summed E-state index contributed by atoms with van der Waals surface area (Å²) in [6.07, 6.45) is 11.5. The van der Waals surface area contributed by atoms with Crippen molar-refractivity contribution >= 4 is 22.4 Å². The number of non-ortho nitro benzene ring substituents is 1. The summed E-state index contributed by atoms with van der Waals surface area (Å²) >= 11 is 0. The lowest BCUT2D eigenvalue weighted by molar-refractivity contribution is -0.383. The van der Waals surface area contributed by atoms with Gasteiger partial charge >= 0.3 is 5.69 Å². The zero-order valence-electron chi connectivity index (χ0n) is 37.0. The molecule has 10 atom stereocenters. The van der Waals surface area contributed by atoms with Crippen molar-refractivity contribution in [1.82, 2.24) is 25.3 Å². The fourth-order valence-corrected chi connectivity index (χ4v) is 8.19. The molecule has 20 heteroatoms. The summed E-state index contributed by atoms with van der Waals surface area (Å²) in [5.74, 6) is 0. The number of hydrogen-bond donors (Lipinski definition) is 5. The molecule has 350 valence electrons. The van der Waals surface area contributed by atoms with E-state index in [9.17, 15) is 10.1 Å². The van der Waals surface area contributed by atoms with Crippen molar-refractivity contribution in [2.75, 3.05) is 38.3 Å². The Bertz CT molecular complexity index is 1720. The highest BCUT2D eigenvalue weighted by Crippen LogP contribution is 2.33. The van der Waals surface area contributed by atoms with E-state index >= 15 is 0 Å². The first-order valence-corrected chi connectivity index (χ1v) is 23.0. The summed E-state index contributed by atoms with van der Waals surface area (Å²) in [4.78, 5) is 10.8. The number of aromatic nitrogens is 5. The molecule has 2 aromatic heterocycles. The van der Waals surface area contributed by atoms with E-state index in [1.54, 1.807) is 10.7 Å². The number of ether oxygens (including phenoxy) is 6. The van der Waals surface area contributed by atoms with E-state index in [-0.39, 0.29) is 35.9 Å². The summed E-state index contributed by atoms with van der Waals surface area (Å²) in [7, 11) is 0. The Morgan fingerprint density at radius 2 is 1.37 bits per heavy atom. The lowest BCUT2D eigenvalue weighted by Crippen LogP contribution is -2.68. The first-order chi connectivity index (χ1) is 30.2. The zero-order valence-corrected chi connectivity index (χ0v) is 37.0. The molecule has 1 saturated carbocycles. The van der Waals surface area contributed by atoms with Gasteiger partial charge in [-0.1, -0.05) is 83.8 Å². The van der Waals surface area contributed by atoms with E-state index in [1.165, 1.54) is 6.07 Å². The molecule has 3 aromatic rings. The normalized spacial score (nSPS) is 26.6. The molecule has 0 radical (unpaired) electrons. The number of unbranched alkanes of at least 4 members (excludes halogenated alkanes) is 9. The highest BCUT2D eigenvalue weighted by molar-refractivity contribution is 5.93. The van der Waals surface area contributed by atoms with Gasteiger partial charge in [-0.2, -0.15) is 0 Å². The van der Waals surface area contributed by atoms with E-state index in [1.807, 2.05) is 6.20 Å². The summed E-state index contributed by atoms with van der Waals surface area (Å²) in [5.41, 5.74) is 28.3. The largest absolute Gasteiger partial charge is 0.377 e. The number of benzene rings is 1. The topological polar surface area (TPSA) is 284 Å². The smallest absolute Gasteiger partial charge is 0.300 e. The molecule has 0 bridgehead atoms. The van der Waals surface area contributed by atoms with E-state index in [4.69, 9.17) is 56.0 Å². The van der Waals surface area contributed by atoms with E-state index in [2.05, 4.69) is 46.7 Å². The summed E-state index contributed by atoms with van der Waals surface area (Å²) in [6.45, 7) is 9.52. The van der Waals surface area contributed by atoms with Crippen molar-refractivity contribution in [1.29, 1.82) is 0 Å². The first kappa shape index (κ1) is 49.6. The maximum Gasteiger partial charge on any atom is 0.300 e. The molecule has 0 amide bonds. The van der Waals surface area contributed by atoms with Crippen LogP contribution in [0.3, 0.4) is 0 Å². The van der Waals surface area contributed by atoms with Crippen LogP contribution in [0.1, 0.15) is 116 Å². The summed E-state index contributed by atoms with van der Waals surface area (Å²) in [5, 5.41) is 30.7. The van der Waals surface area contributed by atoms with Crippen molar-refractivity contribution in [3.05, 3.63) is 34.1 Å². The van der Waals surface area contributed by atoms with Crippen LogP contribution >= 0.6 is 0 Å². The van der Waals surface area contributed by atoms with Crippen molar-refractivity contribution in [2.24, 2.45) is 22.9 Å². The second kappa shape index (κ2) is 26.4. The predicted octanol–water partition coefficient (Wildman–Crippen LogP) is 4.46. The maximum atomic E-state index is 11.4. The number of aryl methyl sites for hydroxylation is 1. The van der Waals surface area contributed by atoms with Crippen molar-refractivity contribution < 1.29 is 38.0 Å². The number of anilines is 1. The zero-order chi connectivity index (χ0) is 44.3. The molecule has 1 aromatic carbocycles. The molecule has 2 fully saturated rings. The van der Waals surface area contributed by atoms with Gasteiger partial charge in [-0.3, -0.25) is 14.8 Å². The van der Waals surface area contributed by atoms with Crippen LogP contribution in [0.4, 0.5) is 11.4 Å². The van der Waals surface area contributed by atoms with E-state index in [0.29, 0.717) is 57.2 Å². The van der Waals surface area contributed by atoms with Crippen LogP contribution in [0.25, 0.3) is 11.0 Å². The fourth-order valence-electron chi connectivity index (χ4n) is 8.19. The SMILES string of the molecule is CCCCCCO[C@@H]1[C@@H](OCCCn2cc(CNc3ccc([N+](=O)[O-])c4nonc34)nn2)[C@H](O[C@@H]2O[C@@H](CN)[C@H](OCCCCCC)[C@@H](OCCCCCC)[C@@H]2N)[C@@H](N)C[C@H]1N. The van der Waals surface area contributed by atoms with Crippen LogP contribution < -0.4 is 28.3 Å². The van der Waals surface area contributed by atoms with Crippen molar-refractivity contribution in [3.63, 3.8) is 0 Å². The molecule has 1 aliphatic heterocycles. The Kier molecular flexibility index (Phi) is 21.1. The average molecular weight is 876 g/mol. The molecule has 1 saturated heterocycles. The Balaban J connectivity index is 1.24. The van der Waals surface area contributed by atoms with Crippen LogP contribution in [0, 0.1) is 10.1 Å². The fraction of sp³-hybridized carbons (Fsp3) is 0.810. The number of nitro benzene ring substituents is 1. The molecule has 2 aliphatic rings. The number of hydrogen-bond acceptors (Lipinski definition) is 18. The third kappa shape index (κ3) is 14.0. The van der Waals surface area contributed by atoms with Gasteiger partial charge in [-0.25, -0.2) is 4.63 Å².